The Morgan fingerprint density at radius 3 is 3.07 bits per heavy atom. The predicted molar refractivity (Wildman–Crippen MR) is 56.1 cm³/mol. The Balaban J connectivity index is 2.41. The van der Waals surface area contributed by atoms with Gasteiger partial charge < -0.3 is 9.88 Å². The summed E-state index contributed by atoms with van der Waals surface area (Å²) in [5, 5.41) is 3.11. The van der Waals surface area contributed by atoms with E-state index in [0.717, 1.165) is 30.0 Å². The number of hydrogen-bond donors (Lipinski definition) is 1. The smallest absolute Gasteiger partial charge is 0.159 e. The molecule has 0 saturated carbocycles. The van der Waals surface area contributed by atoms with Crippen LogP contribution in [0.1, 0.15) is 5.82 Å². The van der Waals surface area contributed by atoms with Crippen molar-refractivity contribution in [3.8, 4) is 0 Å². The van der Waals surface area contributed by atoms with Crippen molar-refractivity contribution in [1.82, 2.24) is 19.9 Å². The third-order valence-electron chi connectivity index (χ3n) is 2.32. The lowest BCUT2D eigenvalue weighted by Crippen LogP contribution is -2.13. The molecule has 0 spiro atoms. The van der Waals surface area contributed by atoms with E-state index in [1.807, 2.05) is 30.8 Å². The molecular formula is C10H14N4. The van der Waals surface area contributed by atoms with E-state index < -0.39 is 0 Å². The summed E-state index contributed by atoms with van der Waals surface area (Å²) >= 11 is 0. The number of rotatable bonds is 3. The summed E-state index contributed by atoms with van der Waals surface area (Å²) < 4.78 is 2.05. The van der Waals surface area contributed by atoms with Crippen LogP contribution < -0.4 is 5.32 Å². The van der Waals surface area contributed by atoms with E-state index in [1.54, 1.807) is 6.20 Å². The van der Waals surface area contributed by atoms with E-state index in [-0.39, 0.29) is 0 Å². The van der Waals surface area contributed by atoms with Crippen LogP contribution in [0.15, 0.2) is 18.3 Å². The van der Waals surface area contributed by atoms with Crippen LogP contribution in [0, 0.1) is 0 Å². The Kier molecular flexibility index (Phi) is 2.45. The molecule has 0 bridgehead atoms. The molecule has 1 N–H and O–H groups in total. The molecule has 14 heavy (non-hydrogen) atoms. The number of fused-ring (bicyclic) bond motifs is 1. The summed E-state index contributed by atoms with van der Waals surface area (Å²) in [5.41, 5.74) is 1.93. The molecule has 2 aromatic rings. The highest BCUT2D eigenvalue weighted by Gasteiger charge is 2.06. The molecule has 74 valence electrons. The molecule has 0 fully saturated rings. The fourth-order valence-corrected chi connectivity index (χ4v) is 1.53. The standard InChI is InChI=1S/C10H14N4/c1-11-7-5-9-13-8-4-3-6-12-10(8)14(9)2/h3-4,6,11H,5,7H2,1-2H3. The minimum absolute atomic E-state index is 0.934. The van der Waals surface area contributed by atoms with Gasteiger partial charge in [0.2, 0.25) is 0 Å². The van der Waals surface area contributed by atoms with Gasteiger partial charge in [-0.1, -0.05) is 0 Å². The zero-order valence-corrected chi connectivity index (χ0v) is 8.49. The fourth-order valence-electron chi connectivity index (χ4n) is 1.53. The topological polar surface area (TPSA) is 42.7 Å². The van der Waals surface area contributed by atoms with Gasteiger partial charge in [-0.2, -0.15) is 0 Å². The maximum absolute atomic E-state index is 4.51. The summed E-state index contributed by atoms with van der Waals surface area (Å²) in [7, 11) is 3.95. The van der Waals surface area contributed by atoms with Gasteiger partial charge in [0.05, 0.1) is 0 Å². The van der Waals surface area contributed by atoms with E-state index in [1.165, 1.54) is 0 Å². The molecule has 0 unspecified atom stereocenters. The van der Waals surface area contributed by atoms with E-state index in [9.17, 15) is 0 Å². The number of nitrogens with zero attached hydrogens (tertiary/aromatic N) is 3. The number of aromatic nitrogens is 3. The minimum Gasteiger partial charge on any atom is -0.319 e. The van der Waals surface area contributed by atoms with Gasteiger partial charge in [-0.25, -0.2) is 9.97 Å². The number of nitrogens with one attached hydrogen (secondary N) is 1. The third kappa shape index (κ3) is 1.48. The van der Waals surface area contributed by atoms with Crippen molar-refractivity contribution in [3.63, 3.8) is 0 Å². The summed E-state index contributed by atoms with van der Waals surface area (Å²) in [5.74, 6) is 1.08. The lowest BCUT2D eigenvalue weighted by molar-refractivity contribution is 0.723. The Morgan fingerprint density at radius 2 is 2.36 bits per heavy atom. The number of pyridine rings is 1. The van der Waals surface area contributed by atoms with Gasteiger partial charge in [-0.15, -0.1) is 0 Å². The average molecular weight is 190 g/mol. The second-order valence-corrected chi connectivity index (χ2v) is 3.29. The molecule has 2 heterocycles. The van der Waals surface area contributed by atoms with Crippen LogP contribution in [0.5, 0.6) is 0 Å². The second-order valence-electron chi connectivity index (χ2n) is 3.29. The SMILES string of the molecule is CNCCc1nc2cccnc2n1C. The van der Waals surface area contributed by atoms with Gasteiger partial charge in [-0.3, -0.25) is 0 Å². The highest BCUT2D eigenvalue weighted by atomic mass is 15.1. The van der Waals surface area contributed by atoms with E-state index in [4.69, 9.17) is 0 Å². The van der Waals surface area contributed by atoms with Crippen molar-refractivity contribution in [3.05, 3.63) is 24.2 Å². The molecule has 0 radical (unpaired) electrons. The van der Waals surface area contributed by atoms with Crippen LogP contribution in [0.2, 0.25) is 0 Å². The first-order chi connectivity index (χ1) is 6.83. The van der Waals surface area contributed by atoms with Crippen molar-refractivity contribution in [2.75, 3.05) is 13.6 Å². The van der Waals surface area contributed by atoms with Gasteiger partial charge >= 0.3 is 0 Å². The first kappa shape index (κ1) is 9.15. The second kappa shape index (κ2) is 3.75. The van der Waals surface area contributed by atoms with Crippen LogP contribution in [0.3, 0.4) is 0 Å². The van der Waals surface area contributed by atoms with Crippen LogP contribution in [0.25, 0.3) is 11.2 Å². The molecule has 2 aromatic heterocycles. The zero-order valence-electron chi connectivity index (χ0n) is 8.49. The lowest BCUT2D eigenvalue weighted by atomic mass is 10.4. The largest absolute Gasteiger partial charge is 0.319 e. The summed E-state index contributed by atoms with van der Waals surface area (Å²) in [6, 6.07) is 3.91. The summed E-state index contributed by atoms with van der Waals surface area (Å²) in [6.07, 6.45) is 2.73. The van der Waals surface area contributed by atoms with E-state index >= 15 is 0 Å². The minimum atomic E-state index is 0.934. The number of aryl methyl sites for hydroxylation is 1. The van der Waals surface area contributed by atoms with Crippen molar-refractivity contribution in [2.24, 2.45) is 7.05 Å². The average Bonchev–Trinajstić information content (AvgIpc) is 2.54. The Labute approximate surface area is 83.0 Å². The highest BCUT2D eigenvalue weighted by Crippen LogP contribution is 2.11. The summed E-state index contributed by atoms with van der Waals surface area (Å²) in [6.45, 7) is 0.942. The number of hydrogen-bond acceptors (Lipinski definition) is 3. The van der Waals surface area contributed by atoms with E-state index in [0.29, 0.717) is 0 Å². The first-order valence-electron chi connectivity index (χ1n) is 4.74. The molecule has 0 aliphatic heterocycles. The maximum atomic E-state index is 4.51. The van der Waals surface area contributed by atoms with E-state index in [2.05, 4.69) is 15.3 Å². The Morgan fingerprint density at radius 1 is 1.50 bits per heavy atom. The molecule has 4 heteroatoms. The van der Waals surface area contributed by atoms with Gasteiger partial charge in [-0.05, 0) is 19.2 Å². The molecule has 0 atom stereocenters. The van der Waals surface area contributed by atoms with Crippen molar-refractivity contribution >= 4 is 11.2 Å². The number of imidazole rings is 1. The Bertz CT molecular complexity index is 433. The van der Waals surface area contributed by atoms with Gasteiger partial charge in [0.1, 0.15) is 11.3 Å². The molecular weight excluding hydrogens is 176 g/mol. The van der Waals surface area contributed by atoms with Crippen LogP contribution in [-0.2, 0) is 13.5 Å². The Hall–Kier alpha value is -1.42. The van der Waals surface area contributed by atoms with Gasteiger partial charge in [0.25, 0.3) is 0 Å². The molecule has 0 aliphatic carbocycles. The van der Waals surface area contributed by atoms with Crippen LogP contribution in [-0.4, -0.2) is 28.1 Å². The predicted octanol–water partition coefficient (Wildman–Crippen LogP) is 0.730. The van der Waals surface area contributed by atoms with Crippen molar-refractivity contribution in [1.29, 1.82) is 0 Å². The molecule has 0 amide bonds. The molecule has 2 rings (SSSR count). The molecule has 0 saturated heterocycles. The quantitative estimate of drug-likeness (QED) is 0.776. The third-order valence-corrected chi connectivity index (χ3v) is 2.32. The van der Waals surface area contributed by atoms with Gasteiger partial charge in [0, 0.05) is 26.2 Å². The highest BCUT2D eigenvalue weighted by molar-refractivity contribution is 5.70. The van der Waals surface area contributed by atoms with Crippen LogP contribution in [0.4, 0.5) is 0 Å². The molecule has 4 nitrogen and oxygen atoms in total. The maximum Gasteiger partial charge on any atom is 0.159 e. The van der Waals surface area contributed by atoms with Crippen LogP contribution >= 0.6 is 0 Å². The van der Waals surface area contributed by atoms with Crippen molar-refractivity contribution in [2.45, 2.75) is 6.42 Å². The molecule has 0 aromatic carbocycles. The monoisotopic (exact) mass is 190 g/mol. The normalized spacial score (nSPS) is 11.0. The number of likely N-dealkylation sites (N-methyl/N-ethyl adjacent to an activating group) is 1. The zero-order chi connectivity index (χ0) is 9.97. The molecule has 0 aliphatic rings. The lowest BCUT2D eigenvalue weighted by Gasteiger charge is -2.00. The van der Waals surface area contributed by atoms with Crippen molar-refractivity contribution < 1.29 is 0 Å². The van der Waals surface area contributed by atoms with Gasteiger partial charge in [0.15, 0.2) is 5.65 Å². The first-order valence-corrected chi connectivity index (χ1v) is 4.74. The fraction of sp³-hybridized carbons (Fsp3) is 0.400. The summed E-state index contributed by atoms with van der Waals surface area (Å²) in [4.78, 5) is 8.80.